The number of nitrogens with one attached hydrogen (secondary N) is 2. The van der Waals surface area contributed by atoms with Crippen LogP contribution in [0.5, 0.6) is 0 Å². The SMILES string of the molecule is COCC[C@H](C)NC(=O)Nc1ccncc1. The molecule has 5 nitrogen and oxygen atoms in total. The number of hydrogen-bond acceptors (Lipinski definition) is 3. The highest BCUT2D eigenvalue weighted by Gasteiger charge is 2.06. The van der Waals surface area contributed by atoms with E-state index in [1.165, 1.54) is 0 Å². The molecule has 1 atom stereocenters. The first-order valence-electron chi connectivity index (χ1n) is 5.19. The summed E-state index contributed by atoms with van der Waals surface area (Å²) >= 11 is 0. The van der Waals surface area contributed by atoms with Gasteiger partial charge in [0.2, 0.25) is 0 Å². The Morgan fingerprint density at radius 3 is 2.81 bits per heavy atom. The Balaban J connectivity index is 2.31. The summed E-state index contributed by atoms with van der Waals surface area (Å²) in [7, 11) is 1.64. The van der Waals surface area contributed by atoms with Crippen LogP contribution in [0.4, 0.5) is 10.5 Å². The van der Waals surface area contributed by atoms with E-state index in [0.717, 1.165) is 12.1 Å². The van der Waals surface area contributed by atoms with Gasteiger partial charge in [0.05, 0.1) is 0 Å². The van der Waals surface area contributed by atoms with Gasteiger partial charge in [0, 0.05) is 37.8 Å². The number of rotatable bonds is 5. The minimum atomic E-state index is -0.213. The number of nitrogens with zero attached hydrogens (tertiary/aromatic N) is 1. The average Bonchev–Trinajstić information content (AvgIpc) is 2.27. The van der Waals surface area contributed by atoms with Crippen LogP contribution in [0.2, 0.25) is 0 Å². The number of carbonyl (C=O) groups is 1. The maximum atomic E-state index is 11.5. The number of urea groups is 1. The smallest absolute Gasteiger partial charge is 0.319 e. The van der Waals surface area contributed by atoms with Crippen molar-refractivity contribution >= 4 is 11.7 Å². The molecule has 0 saturated heterocycles. The minimum Gasteiger partial charge on any atom is -0.385 e. The number of aromatic nitrogens is 1. The number of pyridine rings is 1. The molecule has 0 unspecified atom stereocenters. The molecule has 1 rings (SSSR count). The van der Waals surface area contributed by atoms with Crippen molar-refractivity contribution in [2.24, 2.45) is 0 Å². The van der Waals surface area contributed by atoms with E-state index in [1.54, 1.807) is 31.6 Å². The molecule has 5 heteroatoms. The van der Waals surface area contributed by atoms with Crippen LogP contribution in [-0.4, -0.2) is 30.8 Å². The summed E-state index contributed by atoms with van der Waals surface area (Å²) in [6.07, 6.45) is 4.05. The second-order valence-electron chi connectivity index (χ2n) is 3.52. The number of carbonyl (C=O) groups excluding carboxylic acids is 1. The van der Waals surface area contributed by atoms with Crippen molar-refractivity contribution in [3.8, 4) is 0 Å². The van der Waals surface area contributed by atoms with Gasteiger partial charge in [-0.25, -0.2) is 4.79 Å². The van der Waals surface area contributed by atoms with E-state index >= 15 is 0 Å². The first kappa shape index (κ1) is 12.4. The van der Waals surface area contributed by atoms with Gasteiger partial charge in [0.1, 0.15) is 0 Å². The van der Waals surface area contributed by atoms with Crippen LogP contribution in [0.1, 0.15) is 13.3 Å². The fourth-order valence-corrected chi connectivity index (χ4v) is 1.19. The Kier molecular flexibility index (Phi) is 5.28. The Morgan fingerprint density at radius 2 is 2.19 bits per heavy atom. The predicted molar refractivity (Wildman–Crippen MR) is 62.3 cm³/mol. The molecular weight excluding hydrogens is 206 g/mol. The van der Waals surface area contributed by atoms with E-state index in [4.69, 9.17) is 4.74 Å². The molecule has 0 fully saturated rings. The maximum Gasteiger partial charge on any atom is 0.319 e. The Bertz CT molecular complexity index is 316. The van der Waals surface area contributed by atoms with Gasteiger partial charge in [-0.2, -0.15) is 0 Å². The first-order chi connectivity index (χ1) is 7.72. The van der Waals surface area contributed by atoms with Crippen molar-refractivity contribution in [2.45, 2.75) is 19.4 Å². The average molecular weight is 223 g/mol. The van der Waals surface area contributed by atoms with Crippen molar-refractivity contribution in [1.29, 1.82) is 0 Å². The highest BCUT2D eigenvalue weighted by atomic mass is 16.5. The minimum absolute atomic E-state index is 0.0850. The fourth-order valence-electron chi connectivity index (χ4n) is 1.19. The van der Waals surface area contributed by atoms with E-state index in [-0.39, 0.29) is 12.1 Å². The van der Waals surface area contributed by atoms with Gasteiger partial charge in [-0.15, -0.1) is 0 Å². The van der Waals surface area contributed by atoms with Gasteiger partial charge in [-0.3, -0.25) is 4.98 Å². The van der Waals surface area contributed by atoms with Gasteiger partial charge in [-0.1, -0.05) is 0 Å². The lowest BCUT2D eigenvalue weighted by molar-refractivity contribution is 0.185. The summed E-state index contributed by atoms with van der Waals surface area (Å²) in [5.74, 6) is 0. The lowest BCUT2D eigenvalue weighted by atomic mass is 10.2. The van der Waals surface area contributed by atoms with Crippen LogP contribution >= 0.6 is 0 Å². The quantitative estimate of drug-likeness (QED) is 0.797. The lowest BCUT2D eigenvalue weighted by Crippen LogP contribution is -2.36. The molecule has 0 spiro atoms. The third-order valence-corrected chi connectivity index (χ3v) is 2.07. The molecule has 1 aromatic rings. The molecule has 16 heavy (non-hydrogen) atoms. The first-order valence-corrected chi connectivity index (χ1v) is 5.19. The van der Waals surface area contributed by atoms with Crippen LogP contribution in [0, 0.1) is 0 Å². The molecule has 0 saturated carbocycles. The van der Waals surface area contributed by atoms with Gasteiger partial charge in [0.15, 0.2) is 0 Å². The van der Waals surface area contributed by atoms with Crippen molar-refractivity contribution in [1.82, 2.24) is 10.3 Å². The molecular formula is C11H17N3O2. The third-order valence-electron chi connectivity index (χ3n) is 2.07. The highest BCUT2D eigenvalue weighted by molar-refractivity contribution is 5.89. The van der Waals surface area contributed by atoms with Crippen LogP contribution in [-0.2, 0) is 4.74 Å². The second-order valence-corrected chi connectivity index (χ2v) is 3.52. The molecule has 88 valence electrons. The highest BCUT2D eigenvalue weighted by Crippen LogP contribution is 2.02. The third kappa shape index (κ3) is 4.75. The molecule has 0 aliphatic carbocycles. The molecule has 0 aliphatic rings. The fraction of sp³-hybridized carbons (Fsp3) is 0.455. The monoisotopic (exact) mass is 223 g/mol. The number of anilines is 1. The number of amides is 2. The van der Waals surface area contributed by atoms with Crippen LogP contribution in [0.15, 0.2) is 24.5 Å². The van der Waals surface area contributed by atoms with Crippen LogP contribution < -0.4 is 10.6 Å². The molecule has 1 heterocycles. The molecule has 0 bridgehead atoms. The van der Waals surface area contributed by atoms with E-state index < -0.39 is 0 Å². The molecule has 2 amide bonds. The van der Waals surface area contributed by atoms with E-state index in [1.807, 2.05) is 6.92 Å². The standard InChI is InChI=1S/C11H17N3O2/c1-9(5-8-16-2)13-11(15)14-10-3-6-12-7-4-10/h3-4,6-7,9H,5,8H2,1-2H3,(H2,12,13,14,15)/t9-/m0/s1. The summed E-state index contributed by atoms with van der Waals surface area (Å²) in [6.45, 7) is 2.57. The zero-order valence-corrected chi connectivity index (χ0v) is 9.56. The van der Waals surface area contributed by atoms with Gasteiger partial charge >= 0.3 is 6.03 Å². The Morgan fingerprint density at radius 1 is 1.50 bits per heavy atom. The van der Waals surface area contributed by atoms with E-state index in [9.17, 15) is 4.79 Å². The lowest BCUT2D eigenvalue weighted by Gasteiger charge is -2.13. The van der Waals surface area contributed by atoms with Crippen molar-refractivity contribution < 1.29 is 9.53 Å². The summed E-state index contributed by atoms with van der Waals surface area (Å²) in [5.41, 5.74) is 0.728. The molecule has 0 aromatic carbocycles. The van der Waals surface area contributed by atoms with Gasteiger partial charge in [-0.05, 0) is 25.5 Å². The van der Waals surface area contributed by atoms with Crippen LogP contribution in [0.3, 0.4) is 0 Å². The summed E-state index contributed by atoms with van der Waals surface area (Å²) in [4.78, 5) is 15.4. The van der Waals surface area contributed by atoms with E-state index in [0.29, 0.717) is 6.61 Å². The van der Waals surface area contributed by atoms with Gasteiger partial charge in [0.25, 0.3) is 0 Å². The van der Waals surface area contributed by atoms with Gasteiger partial charge < -0.3 is 15.4 Å². The number of ether oxygens (including phenoxy) is 1. The van der Waals surface area contributed by atoms with Crippen LogP contribution in [0.25, 0.3) is 0 Å². The number of hydrogen-bond donors (Lipinski definition) is 2. The molecule has 0 aliphatic heterocycles. The Hall–Kier alpha value is -1.62. The zero-order chi connectivity index (χ0) is 11.8. The second kappa shape index (κ2) is 6.79. The summed E-state index contributed by atoms with van der Waals surface area (Å²) in [6, 6.07) is 3.34. The molecule has 1 aromatic heterocycles. The van der Waals surface area contributed by atoms with Crippen molar-refractivity contribution in [3.63, 3.8) is 0 Å². The normalized spacial score (nSPS) is 11.9. The molecule has 0 radical (unpaired) electrons. The van der Waals surface area contributed by atoms with E-state index in [2.05, 4.69) is 15.6 Å². The predicted octanol–water partition coefficient (Wildman–Crippen LogP) is 1.63. The largest absolute Gasteiger partial charge is 0.385 e. The molecule has 2 N–H and O–H groups in total. The maximum absolute atomic E-state index is 11.5. The Labute approximate surface area is 95.2 Å². The van der Waals surface area contributed by atoms with Crippen molar-refractivity contribution in [3.05, 3.63) is 24.5 Å². The topological polar surface area (TPSA) is 63.2 Å². The number of methoxy groups -OCH3 is 1. The summed E-state index contributed by atoms with van der Waals surface area (Å²) < 4.78 is 4.93. The van der Waals surface area contributed by atoms with Crippen molar-refractivity contribution in [2.75, 3.05) is 19.0 Å². The zero-order valence-electron chi connectivity index (χ0n) is 9.56. The summed E-state index contributed by atoms with van der Waals surface area (Å²) in [5, 5.41) is 5.53.